The lowest BCUT2D eigenvalue weighted by atomic mass is 9.98. The van der Waals surface area contributed by atoms with Crippen molar-refractivity contribution >= 4 is 10.4 Å². The fraction of sp³-hybridized carbons (Fsp3) is 0.400. The molecule has 0 aliphatic heterocycles. The van der Waals surface area contributed by atoms with Gasteiger partial charge in [-0.2, -0.15) is 8.42 Å². The van der Waals surface area contributed by atoms with Crippen molar-refractivity contribution in [3.8, 4) is 0 Å². The van der Waals surface area contributed by atoms with Crippen molar-refractivity contribution in [1.82, 2.24) is 0 Å². The summed E-state index contributed by atoms with van der Waals surface area (Å²) < 4.78 is 46.8. The number of rotatable bonds is 5. The van der Waals surface area contributed by atoms with Gasteiger partial charge in [-0.05, 0) is 12.5 Å². The van der Waals surface area contributed by atoms with E-state index in [-0.39, 0.29) is 6.42 Å². The molecule has 0 aliphatic carbocycles. The van der Waals surface area contributed by atoms with E-state index in [1.165, 1.54) is 6.92 Å². The summed E-state index contributed by atoms with van der Waals surface area (Å²) in [5, 5.41) is 0. The Morgan fingerprint density at radius 1 is 1.38 bits per heavy atom. The molecule has 4 nitrogen and oxygen atoms in total. The van der Waals surface area contributed by atoms with Crippen molar-refractivity contribution in [2.45, 2.75) is 18.9 Å². The van der Waals surface area contributed by atoms with E-state index in [1.54, 1.807) is 30.3 Å². The summed E-state index contributed by atoms with van der Waals surface area (Å²) in [4.78, 5) is 0. The lowest BCUT2D eigenvalue weighted by Gasteiger charge is -2.24. The quantitative estimate of drug-likeness (QED) is 0.807. The Balaban J connectivity index is 2.82. The zero-order valence-corrected chi connectivity index (χ0v) is 9.58. The molecular formula is C10H13FO4S. The Hall–Kier alpha value is -0.980. The molecule has 0 aromatic heterocycles. The van der Waals surface area contributed by atoms with Gasteiger partial charge in [0.15, 0.2) is 0 Å². The molecule has 1 N–H and O–H groups in total. The summed E-state index contributed by atoms with van der Waals surface area (Å²) in [6, 6.07) is 8.74. The summed E-state index contributed by atoms with van der Waals surface area (Å²) in [7, 11) is -4.65. The van der Waals surface area contributed by atoms with Crippen LogP contribution < -0.4 is 0 Å². The Labute approximate surface area is 94.0 Å². The predicted octanol–water partition coefficient (Wildman–Crippen LogP) is 1.78. The number of hydrogen-bond donors (Lipinski definition) is 1. The lowest BCUT2D eigenvalue weighted by molar-refractivity contribution is 0.0542. The van der Waals surface area contributed by atoms with Gasteiger partial charge in [0, 0.05) is 6.42 Å². The van der Waals surface area contributed by atoms with E-state index in [1.807, 2.05) is 0 Å². The topological polar surface area (TPSA) is 63.6 Å². The zero-order valence-electron chi connectivity index (χ0n) is 8.76. The second-order valence-electron chi connectivity index (χ2n) is 3.76. The Morgan fingerprint density at radius 2 is 1.94 bits per heavy atom. The molecule has 0 amide bonds. The van der Waals surface area contributed by atoms with Crippen LogP contribution in [0, 0.1) is 0 Å². The predicted molar refractivity (Wildman–Crippen MR) is 57.2 cm³/mol. The Bertz CT molecular complexity index is 431. The molecule has 1 aromatic rings. The van der Waals surface area contributed by atoms with Crippen LogP contribution in [0.4, 0.5) is 4.39 Å². The number of alkyl halides is 1. The lowest BCUT2D eigenvalue weighted by Crippen LogP contribution is -2.36. The third kappa shape index (κ3) is 4.26. The first-order chi connectivity index (χ1) is 7.35. The summed E-state index contributed by atoms with van der Waals surface area (Å²) >= 11 is 0. The highest BCUT2D eigenvalue weighted by Crippen LogP contribution is 2.20. The highest BCUT2D eigenvalue weighted by molar-refractivity contribution is 7.80. The molecule has 0 saturated heterocycles. The first-order valence-corrected chi connectivity index (χ1v) is 5.99. The van der Waals surface area contributed by atoms with Gasteiger partial charge in [0.2, 0.25) is 0 Å². The molecule has 1 atom stereocenters. The van der Waals surface area contributed by atoms with E-state index >= 15 is 0 Å². The fourth-order valence-corrected chi connectivity index (χ4v) is 1.99. The monoisotopic (exact) mass is 248 g/mol. The average molecular weight is 248 g/mol. The Morgan fingerprint density at radius 3 is 2.38 bits per heavy atom. The molecule has 0 bridgehead atoms. The standard InChI is InChI=1S/C10H13FO4S/c1-10(8-11,15-16(12,13)14)7-9-5-3-2-4-6-9/h2-6H,7-8H2,1H3,(H,12,13,14). The third-order valence-corrected chi connectivity index (χ3v) is 2.62. The van der Waals surface area contributed by atoms with E-state index in [0.29, 0.717) is 0 Å². The van der Waals surface area contributed by atoms with Crippen molar-refractivity contribution in [3.63, 3.8) is 0 Å². The molecule has 0 aliphatic rings. The Kier molecular flexibility index (Phi) is 4.01. The number of halogens is 1. The van der Waals surface area contributed by atoms with Gasteiger partial charge in [-0.1, -0.05) is 30.3 Å². The summed E-state index contributed by atoms with van der Waals surface area (Å²) in [5.41, 5.74) is -0.846. The van der Waals surface area contributed by atoms with Gasteiger partial charge < -0.3 is 0 Å². The van der Waals surface area contributed by atoms with Crippen LogP contribution >= 0.6 is 0 Å². The van der Waals surface area contributed by atoms with Gasteiger partial charge in [-0.3, -0.25) is 4.55 Å². The minimum absolute atomic E-state index is 0.0597. The fourth-order valence-electron chi connectivity index (χ4n) is 1.38. The van der Waals surface area contributed by atoms with Gasteiger partial charge in [0.05, 0.1) is 0 Å². The van der Waals surface area contributed by atoms with Crippen molar-refractivity contribution in [2.24, 2.45) is 0 Å². The van der Waals surface area contributed by atoms with Gasteiger partial charge >= 0.3 is 10.4 Å². The molecule has 90 valence electrons. The highest BCUT2D eigenvalue weighted by Gasteiger charge is 2.31. The molecule has 1 rings (SSSR count). The van der Waals surface area contributed by atoms with Crippen molar-refractivity contribution in [3.05, 3.63) is 35.9 Å². The van der Waals surface area contributed by atoms with Gasteiger partial charge in [-0.25, -0.2) is 8.57 Å². The first-order valence-electron chi connectivity index (χ1n) is 4.63. The molecule has 0 radical (unpaired) electrons. The van der Waals surface area contributed by atoms with Crippen LogP contribution in [0.25, 0.3) is 0 Å². The van der Waals surface area contributed by atoms with Crippen molar-refractivity contribution in [1.29, 1.82) is 0 Å². The molecular weight excluding hydrogens is 235 g/mol. The van der Waals surface area contributed by atoms with Crippen LogP contribution in [0.5, 0.6) is 0 Å². The van der Waals surface area contributed by atoms with Gasteiger partial charge in [0.25, 0.3) is 0 Å². The summed E-state index contributed by atoms with van der Waals surface area (Å²) in [5.74, 6) is 0. The van der Waals surface area contributed by atoms with Crippen molar-refractivity contribution in [2.75, 3.05) is 6.67 Å². The minimum atomic E-state index is -4.65. The highest BCUT2D eigenvalue weighted by atomic mass is 32.3. The van der Waals surface area contributed by atoms with E-state index < -0.39 is 22.7 Å². The molecule has 0 saturated carbocycles. The molecule has 1 aromatic carbocycles. The van der Waals surface area contributed by atoms with Crippen LogP contribution in [0.3, 0.4) is 0 Å². The van der Waals surface area contributed by atoms with Gasteiger partial charge in [-0.15, -0.1) is 0 Å². The molecule has 16 heavy (non-hydrogen) atoms. The van der Waals surface area contributed by atoms with Crippen LogP contribution in [-0.4, -0.2) is 25.2 Å². The maximum Gasteiger partial charge on any atom is 0.397 e. The van der Waals surface area contributed by atoms with E-state index in [9.17, 15) is 12.8 Å². The van der Waals surface area contributed by atoms with E-state index in [4.69, 9.17) is 4.55 Å². The normalized spacial score (nSPS) is 15.7. The number of hydrogen-bond acceptors (Lipinski definition) is 3. The SMILES string of the molecule is CC(CF)(Cc1ccccc1)OS(=O)(=O)O. The molecule has 0 spiro atoms. The second-order valence-corrected chi connectivity index (χ2v) is 4.78. The zero-order chi connectivity index (χ0) is 12.2. The minimum Gasteiger partial charge on any atom is -0.264 e. The molecule has 6 heteroatoms. The van der Waals surface area contributed by atoms with Gasteiger partial charge in [0.1, 0.15) is 12.3 Å². The van der Waals surface area contributed by atoms with Crippen LogP contribution in [-0.2, 0) is 21.0 Å². The average Bonchev–Trinajstić information content (AvgIpc) is 2.16. The van der Waals surface area contributed by atoms with E-state index in [0.717, 1.165) is 5.56 Å². The molecule has 1 unspecified atom stereocenters. The summed E-state index contributed by atoms with van der Waals surface area (Å²) in [6.45, 7) is 0.273. The van der Waals surface area contributed by atoms with Crippen LogP contribution in [0.1, 0.15) is 12.5 Å². The molecule has 0 fully saturated rings. The summed E-state index contributed by atoms with van der Waals surface area (Å²) in [6.07, 6.45) is 0.0597. The smallest absolute Gasteiger partial charge is 0.264 e. The van der Waals surface area contributed by atoms with E-state index in [2.05, 4.69) is 4.18 Å². The first kappa shape index (κ1) is 13.1. The van der Waals surface area contributed by atoms with Crippen LogP contribution in [0.15, 0.2) is 30.3 Å². The maximum atomic E-state index is 12.8. The second kappa shape index (κ2) is 4.90. The maximum absolute atomic E-state index is 12.8. The number of benzene rings is 1. The van der Waals surface area contributed by atoms with Crippen molar-refractivity contribution < 1.29 is 21.5 Å². The third-order valence-electron chi connectivity index (χ3n) is 2.01. The molecule has 0 heterocycles. The van der Waals surface area contributed by atoms with Crippen LogP contribution in [0.2, 0.25) is 0 Å². The largest absolute Gasteiger partial charge is 0.397 e.